The molecule has 1 saturated carbocycles. The molecular weight excluding hydrogens is 318 g/mol. The van der Waals surface area contributed by atoms with Crippen LogP contribution in [0, 0.1) is 11.8 Å². The SMILES string of the molecule is CC(CC(=O)c1cc(C2CC2)on1)C1CCN(C(=O)C[C@H](C)N)CC1. The summed E-state index contributed by atoms with van der Waals surface area (Å²) in [6.07, 6.45) is 5.08. The number of piperidine rings is 1. The first kappa shape index (κ1) is 18.1. The van der Waals surface area contributed by atoms with Crippen LogP contribution in [-0.4, -0.2) is 40.9 Å². The van der Waals surface area contributed by atoms with Crippen molar-refractivity contribution in [3.63, 3.8) is 0 Å². The second kappa shape index (κ2) is 7.68. The summed E-state index contributed by atoms with van der Waals surface area (Å²) in [5, 5.41) is 3.95. The van der Waals surface area contributed by atoms with Crippen molar-refractivity contribution in [1.29, 1.82) is 0 Å². The fraction of sp³-hybridized carbons (Fsp3) is 0.737. The Kier molecular flexibility index (Phi) is 5.57. The van der Waals surface area contributed by atoms with E-state index in [1.807, 2.05) is 17.9 Å². The number of rotatable bonds is 7. The maximum absolute atomic E-state index is 12.4. The molecule has 1 saturated heterocycles. The van der Waals surface area contributed by atoms with Gasteiger partial charge in [0.1, 0.15) is 11.5 Å². The van der Waals surface area contributed by atoms with E-state index in [9.17, 15) is 9.59 Å². The molecule has 1 aromatic rings. The Morgan fingerprint density at radius 3 is 2.52 bits per heavy atom. The Morgan fingerprint density at radius 2 is 1.92 bits per heavy atom. The number of likely N-dealkylation sites (tertiary alicyclic amines) is 1. The van der Waals surface area contributed by atoms with Crippen molar-refractivity contribution in [3.05, 3.63) is 17.5 Å². The van der Waals surface area contributed by atoms with Crippen molar-refractivity contribution in [2.45, 2.75) is 64.3 Å². The number of Topliss-reactive ketones (excluding diaryl/α,β-unsaturated/α-hetero) is 1. The van der Waals surface area contributed by atoms with Crippen LogP contribution in [0.15, 0.2) is 10.6 Å². The lowest BCUT2D eigenvalue weighted by atomic mass is 9.82. The van der Waals surface area contributed by atoms with Crippen molar-refractivity contribution in [2.24, 2.45) is 17.6 Å². The molecule has 1 aliphatic heterocycles. The molecule has 1 unspecified atom stereocenters. The predicted octanol–water partition coefficient (Wildman–Crippen LogP) is 2.74. The van der Waals surface area contributed by atoms with Crippen molar-refractivity contribution < 1.29 is 14.1 Å². The van der Waals surface area contributed by atoms with Gasteiger partial charge in [-0.15, -0.1) is 0 Å². The van der Waals surface area contributed by atoms with Crippen LogP contribution in [0.3, 0.4) is 0 Å². The van der Waals surface area contributed by atoms with Gasteiger partial charge in [-0.3, -0.25) is 9.59 Å². The van der Waals surface area contributed by atoms with Gasteiger partial charge in [-0.25, -0.2) is 0 Å². The number of nitrogens with zero attached hydrogens (tertiary/aromatic N) is 2. The minimum absolute atomic E-state index is 0.0682. The predicted molar refractivity (Wildman–Crippen MR) is 94.2 cm³/mol. The van der Waals surface area contributed by atoms with Crippen molar-refractivity contribution in [3.8, 4) is 0 Å². The molecule has 6 nitrogen and oxygen atoms in total. The van der Waals surface area contributed by atoms with Gasteiger partial charge in [-0.05, 0) is 44.4 Å². The molecule has 2 fully saturated rings. The maximum atomic E-state index is 12.4. The fourth-order valence-electron chi connectivity index (χ4n) is 3.67. The lowest BCUT2D eigenvalue weighted by Crippen LogP contribution is -2.41. The number of hydrogen-bond donors (Lipinski definition) is 1. The summed E-state index contributed by atoms with van der Waals surface area (Å²) in [4.78, 5) is 26.4. The van der Waals surface area contributed by atoms with E-state index < -0.39 is 0 Å². The second-order valence-electron chi connectivity index (χ2n) is 7.89. The molecule has 0 aromatic carbocycles. The van der Waals surface area contributed by atoms with Gasteiger partial charge in [0.25, 0.3) is 0 Å². The van der Waals surface area contributed by atoms with Crippen molar-refractivity contribution >= 4 is 11.7 Å². The molecule has 6 heteroatoms. The molecule has 0 spiro atoms. The largest absolute Gasteiger partial charge is 0.360 e. The number of hydrogen-bond acceptors (Lipinski definition) is 5. The molecule has 2 heterocycles. The van der Waals surface area contributed by atoms with Crippen LogP contribution in [0.25, 0.3) is 0 Å². The summed E-state index contributed by atoms with van der Waals surface area (Å²) in [6, 6.07) is 1.73. The van der Waals surface area contributed by atoms with Gasteiger partial charge in [0.05, 0.1) is 0 Å². The molecule has 2 N–H and O–H groups in total. The van der Waals surface area contributed by atoms with Gasteiger partial charge in [0.2, 0.25) is 5.91 Å². The van der Waals surface area contributed by atoms with Crippen molar-refractivity contribution in [1.82, 2.24) is 10.1 Å². The number of aromatic nitrogens is 1. The van der Waals surface area contributed by atoms with Crippen LogP contribution in [0.5, 0.6) is 0 Å². The number of nitrogens with two attached hydrogens (primary N) is 1. The quantitative estimate of drug-likeness (QED) is 0.766. The zero-order valence-corrected chi connectivity index (χ0v) is 15.2. The van der Waals surface area contributed by atoms with Crippen LogP contribution < -0.4 is 5.73 Å². The summed E-state index contributed by atoms with van der Waals surface area (Å²) in [5.41, 5.74) is 6.18. The third-order valence-corrected chi connectivity index (χ3v) is 5.49. The second-order valence-corrected chi connectivity index (χ2v) is 7.89. The molecule has 2 aliphatic rings. The highest BCUT2D eigenvalue weighted by atomic mass is 16.5. The van der Waals surface area contributed by atoms with Crippen molar-refractivity contribution in [2.75, 3.05) is 13.1 Å². The molecule has 1 amide bonds. The molecular formula is C19H29N3O3. The van der Waals surface area contributed by atoms with Crippen LogP contribution in [-0.2, 0) is 4.79 Å². The third kappa shape index (κ3) is 4.69. The summed E-state index contributed by atoms with van der Waals surface area (Å²) in [7, 11) is 0. The highest BCUT2D eigenvalue weighted by molar-refractivity contribution is 5.94. The molecule has 1 aromatic heterocycles. The molecule has 25 heavy (non-hydrogen) atoms. The van der Waals surface area contributed by atoms with E-state index in [0.717, 1.165) is 44.5 Å². The summed E-state index contributed by atoms with van der Waals surface area (Å²) in [6.45, 7) is 5.52. The van der Waals surface area contributed by atoms with E-state index in [1.54, 1.807) is 0 Å². The number of amides is 1. The van der Waals surface area contributed by atoms with E-state index in [0.29, 0.717) is 36.3 Å². The lowest BCUT2D eigenvalue weighted by Gasteiger charge is -2.35. The zero-order chi connectivity index (χ0) is 18.0. The fourth-order valence-corrected chi connectivity index (χ4v) is 3.67. The Labute approximate surface area is 149 Å². The van der Waals surface area contributed by atoms with Crippen LogP contribution in [0.2, 0.25) is 0 Å². The van der Waals surface area contributed by atoms with E-state index in [2.05, 4.69) is 12.1 Å². The Morgan fingerprint density at radius 1 is 1.24 bits per heavy atom. The number of carbonyl (C=O) groups is 2. The van der Waals surface area contributed by atoms with E-state index >= 15 is 0 Å². The van der Waals surface area contributed by atoms with Gasteiger partial charge in [0, 0.05) is 44.0 Å². The number of ketones is 1. The Bertz CT molecular complexity index is 613. The van der Waals surface area contributed by atoms with Crippen LogP contribution >= 0.6 is 0 Å². The van der Waals surface area contributed by atoms with Crippen LogP contribution in [0.1, 0.15) is 74.5 Å². The molecule has 138 valence electrons. The molecule has 0 bridgehead atoms. The smallest absolute Gasteiger partial charge is 0.224 e. The van der Waals surface area contributed by atoms with E-state index in [1.165, 1.54) is 0 Å². The average Bonchev–Trinajstić information content (AvgIpc) is 3.31. The first-order chi connectivity index (χ1) is 11.9. The molecule has 2 atom stereocenters. The maximum Gasteiger partial charge on any atom is 0.224 e. The molecule has 3 rings (SSSR count). The first-order valence-electron chi connectivity index (χ1n) is 9.47. The van der Waals surface area contributed by atoms with E-state index in [-0.39, 0.29) is 17.7 Å². The van der Waals surface area contributed by atoms with Gasteiger partial charge in [-0.2, -0.15) is 0 Å². The van der Waals surface area contributed by atoms with Gasteiger partial charge in [-0.1, -0.05) is 12.1 Å². The summed E-state index contributed by atoms with van der Waals surface area (Å²) in [5.74, 6) is 2.31. The van der Waals surface area contributed by atoms with Gasteiger partial charge < -0.3 is 15.2 Å². The zero-order valence-electron chi connectivity index (χ0n) is 15.2. The standard InChI is InChI=1S/C19H29N3O3/c1-12(9-17(23)16-11-18(25-21-16)15-3-4-15)14-5-7-22(8-6-14)19(24)10-13(2)20/h11-15H,3-10,20H2,1-2H3/t12?,13-/m0/s1. The summed E-state index contributed by atoms with van der Waals surface area (Å²) < 4.78 is 5.28. The summed E-state index contributed by atoms with van der Waals surface area (Å²) >= 11 is 0. The van der Waals surface area contributed by atoms with Crippen LogP contribution in [0.4, 0.5) is 0 Å². The highest BCUT2D eigenvalue weighted by Crippen LogP contribution is 2.40. The number of carbonyl (C=O) groups excluding carboxylic acids is 2. The third-order valence-electron chi connectivity index (χ3n) is 5.49. The first-order valence-corrected chi connectivity index (χ1v) is 9.47. The lowest BCUT2D eigenvalue weighted by molar-refractivity contribution is -0.133. The Balaban J connectivity index is 1.46. The van der Waals surface area contributed by atoms with Gasteiger partial charge >= 0.3 is 0 Å². The highest BCUT2D eigenvalue weighted by Gasteiger charge is 2.31. The minimum atomic E-state index is -0.0928. The minimum Gasteiger partial charge on any atom is -0.360 e. The average molecular weight is 347 g/mol. The normalized spacial score (nSPS) is 21.2. The topological polar surface area (TPSA) is 89.4 Å². The Hall–Kier alpha value is -1.69. The molecule has 1 aliphatic carbocycles. The monoisotopic (exact) mass is 347 g/mol. The van der Waals surface area contributed by atoms with E-state index in [4.69, 9.17) is 10.3 Å². The van der Waals surface area contributed by atoms with Gasteiger partial charge in [0.15, 0.2) is 5.78 Å². The molecule has 0 radical (unpaired) electrons.